The molecule has 0 radical (unpaired) electrons. The van der Waals surface area contributed by atoms with Crippen molar-refractivity contribution in [2.75, 3.05) is 0 Å². The van der Waals surface area contributed by atoms with E-state index in [9.17, 15) is 13.2 Å². The molecule has 9 heteroatoms. The Labute approximate surface area is 119 Å². The van der Waals surface area contributed by atoms with Crippen LogP contribution < -0.4 is 16.0 Å². The first-order valence-corrected chi connectivity index (χ1v) is 7.93. The number of amides is 1. The molecule has 0 aliphatic rings. The van der Waals surface area contributed by atoms with E-state index in [1.54, 1.807) is 24.5 Å². The Balaban J connectivity index is 2.19. The highest BCUT2D eigenvalue weighted by Crippen LogP contribution is 2.20. The normalized spacial score (nSPS) is 11.2. The molecule has 0 aliphatic heterocycles. The van der Waals surface area contributed by atoms with E-state index in [1.165, 1.54) is 10.8 Å². The summed E-state index contributed by atoms with van der Waals surface area (Å²) in [6.07, 6.45) is 3.16. The molecule has 106 valence electrons. The molecule has 0 fully saturated rings. The number of nitrogen functional groups attached to an aromatic ring is 1. The van der Waals surface area contributed by atoms with Crippen molar-refractivity contribution in [3.63, 3.8) is 0 Å². The van der Waals surface area contributed by atoms with Gasteiger partial charge in [0.1, 0.15) is 4.90 Å². The predicted molar refractivity (Wildman–Crippen MR) is 74.2 cm³/mol. The molecule has 0 bridgehead atoms. The molecule has 4 N–H and O–H groups in total. The predicted octanol–water partition coefficient (Wildman–Crippen LogP) is 0.225. The summed E-state index contributed by atoms with van der Waals surface area (Å²) >= 11 is 1.11. The zero-order valence-corrected chi connectivity index (χ0v) is 11.9. The Morgan fingerprint density at radius 1 is 1.40 bits per heavy atom. The number of sulfonamides is 1. The average molecular weight is 312 g/mol. The topological polar surface area (TPSA) is 114 Å². The van der Waals surface area contributed by atoms with Crippen LogP contribution in [-0.2, 0) is 16.6 Å². The lowest BCUT2D eigenvalue weighted by Crippen LogP contribution is -2.32. The van der Waals surface area contributed by atoms with Crippen LogP contribution in [0.15, 0.2) is 40.2 Å². The molecule has 0 aromatic carbocycles. The van der Waals surface area contributed by atoms with Gasteiger partial charge in [-0.05, 0) is 11.6 Å². The van der Waals surface area contributed by atoms with Gasteiger partial charge >= 0.3 is 0 Å². The summed E-state index contributed by atoms with van der Waals surface area (Å²) in [4.78, 5) is 15.3. The molecule has 0 spiro atoms. The number of pyridine rings is 1. The number of nitrogens with one attached hydrogen (secondary N) is 2. The quantitative estimate of drug-likeness (QED) is 0.415. The zero-order chi connectivity index (χ0) is 14.6. The van der Waals surface area contributed by atoms with E-state index in [2.05, 4.69) is 9.71 Å². The summed E-state index contributed by atoms with van der Waals surface area (Å²) in [6, 6.07) is 3.46. The van der Waals surface area contributed by atoms with Gasteiger partial charge in [-0.3, -0.25) is 15.2 Å². The van der Waals surface area contributed by atoms with E-state index in [-0.39, 0.29) is 17.0 Å². The van der Waals surface area contributed by atoms with Crippen molar-refractivity contribution in [2.45, 2.75) is 11.4 Å². The number of aromatic nitrogens is 1. The second-order valence-corrected chi connectivity index (χ2v) is 6.29. The van der Waals surface area contributed by atoms with E-state index in [0.29, 0.717) is 0 Å². The Morgan fingerprint density at radius 3 is 2.85 bits per heavy atom. The van der Waals surface area contributed by atoms with E-state index in [0.717, 1.165) is 16.9 Å². The van der Waals surface area contributed by atoms with E-state index < -0.39 is 15.9 Å². The van der Waals surface area contributed by atoms with Gasteiger partial charge in [-0.2, -0.15) is 11.3 Å². The van der Waals surface area contributed by atoms with Gasteiger partial charge in [0.05, 0.1) is 5.56 Å². The number of thiophene rings is 1. The van der Waals surface area contributed by atoms with Crippen molar-refractivity contribution < 1.29 is 13.2 Å². The Bertz CT molecular complexity index is 697. The van der Waals surface area contributed by atoms with Crippen molar-refractivity contribution in [3.05, 3.63) is 46.4 Å². The van der Waals surface area contributed by atoms with Gasteiger partial charge in [0, 0.05) is 29.7 Å². The fraction of sp³-hybridized carbons (Fsp3) is 0.0909. The lowest BCUT2D eigenvalue weighted by Gasteiger charge is -2.07. The number of rotatable bonds is 5. The van der Waals surface area contributed by atoms with Crippen molar-refractivity contribution in [3.8, 4) is 0 Å². The molecule has 2 rings (SSSR count). The number of hydrogen-bond acceptors (Lipinski definition) is 6. The molecule has 2 aromatic heterocycles. The lowest BCUT2D eigenvalue weighted by atomic mass is 10.3. The fourth-order valence-corrected chi connectivity index (χ4v) is 3.89. The van der Waals surface area contributed by atoms with Crippen LogP contribution in [0, 0.1) is 0 Å². The van der Waals surface area contributed by atoms with Gasteiger partial charge in [-0.1, -0.05) is 6.07 Å². The highest BCUT2D eigenvalue weighted by molar-refractivity contribution is 7.89. The highest BCUT2D eigenvalue weighted by atomic mass is 32.2. The Morgan fingerprint density at radius 2 is 2.20 bits per heavy atom. The van der Waals surface area contributed by atoms with Crippen LogP contribution in [-0.4, -0.2) is 19.3 Å². The van der Waals surface area contributed by atoms with Crippen molar-refractivity contribution in [1.29, 1.82) is 0 Å². The van der Waals surface area contributed by atoms with Gasteiger partial charge in [-0.15, -0.1) is 0 Å². The molecule has 0 saturated heterocycles. The molecule has 0 saturated carbocycles. The van der Waals surface area contributed by atoms with Crippen LogP contribution in [0.3, 0.4) is 0 Å². The molecule has 0 aliphatic carbocycles. The maximum atomic E-state index is 12.2. The molecule has 7 nitrogen and oxygen atoms in total. The zero-order valence-electron chi connectivity index (χ0n) is 10.2. The van der Waals surface area contributed by atoms with Gasteiger partial charge in [-0.25, -0.2) is 19.0 Å². The van der Waals surface area contributed by atoms with Crippen molar-refractivity contribution >= 4 is 27.3 Å². The van der Waals surface area contributed by atoms with Crippen LogP contribution in [0.4, 0.5) is 0 Å². The minimum atomic E-state index is -3.78. The van der Waals surface area contributed by atoms with E-state index in [1.807, 2.05) is 5.43 Å². The smallest absolute Gasteiger partial charge is 0.267 e. The summed E-state index contributed by atoms with van der Waals surface area (Å²) in [5, 5.41) is 2.82. The van der Waals surface area contributed by atoms with Crippen molar-refractivity contribution in [2.24, 2.45) is 5.84 Å². The Kier molecular flexibility index (Phi) is 4.45. The second kappa shape index (κ2) is 6.09. The standard InChI is InChI=1S/C11H12N4O3S2/c12-15-11(16)9-6-19-7-10(9)20(17,18)14-5-8-2-1-3-13-4-8/h1-4,6-7,14H,5,12H2,(H,15,16). The summed E-state index contributed by atoms with van der Waals surface area (Å²) in [5.74, 6) is 4.38. The maximum Gasteiger partial charge on any atom is 0.267 e. The van der Waals surface area contributed by atoms with Crippen LogP contribution >= 0.6 is 11.3 Å². The number of carbonyl (C=O) groups excluding carboxylic acids is 1. The van der Waals surface area contributed by atoms with Crippen molar-refractivity contribution in [1.82, 2.24) is 15.1 Å². The van der Waals surface area contributed by atoms with Gasteiger partial charge in [0.25, 0.3) is 5.91 Å². The second-order valence-electron chi connectivity index (χ2n) is 3.81. The molecule has 2 heterocycles. The number of hydrazine groups is 1. The largest absolute Gasteiger partial charge is 0.290 e. The highest BCUT2D eigenvalue weighted by Gasteiger charge is 2.23. The summed E-state index contributed by atoms with van der Waals surface area (Å²) in [7, 11) is -3.78. The third kappa shape index (κ3) is 3.20. The average Bonchev–Trinajstić information content (AvgIpc) is 2.96. The Hall–Kier alpha value is -1.81. The molecule has 1 amide bonds. The molecule has 20 heavy (non-hydrogen) atoms. The minimum Gasteiger partial charge on any atom is -0.290 e. The number of nitrogens with two attached hydrogens (primary N) is 1. The molecule has 0 atom stereocenters. The molecular formula is C11H12N4O3S2. The third-order valence-electron chi connectivity index (χ3n) is 2.48. The van der Waals surface area contributed by atoms with Gasteiger partial charge in [0.15, 0.2) is 0 Å². The van der Waals surface area contributed by atoms with Crippen LogP contribution in [0.25, 0.3) is 0 Å². The third-order valence-corrected chi connectivity index (χ3v) is 4.81. The van der Waals surface area contributed by atoms with Crippen LogP contribution in [0.5, 0.6) is 0 Å². The first-order valence-electron chi connectivity index (χ1n) is 5.50. The number of nitrogens with zero attached hydrogens (tertiary/aromatic N) is 1. The van der Waals surface area contributed by atoms with Gasteiger partial charge < -0.3 is 0 Å². The van der Waals surface area contributed by atoms with E-state index >= 15 is 0 Å². The first-order chi connectivity index (χ1) is 9.54. The molecule has 0 unspecified atom stereocenters. The number of carbonyl (C=O) groups is 1. The maximum absolute atomic E-state index is 12.2. The minimum absolute atomic E-state index is 0.0242. The lowest BCUT2D eigenvalue weighted by molar-refractivity contribution is 0.0951. The van der Waals surface area contributed by atoms with E-state index in [4.69, 9.17) is 5.84 Å². The first kappa shape index (κ1) is 14.6. The monoisotopic (exact) mass is 312 g/mol. The summed E-state index contributed by atoms with van der Waals surface area (Å²) in [5.41, 5.74) is 2.66. The fourth-order valence-electron chi connectivity index (χ4n) is 1.50. The molecule has 2 aromatic rings. The van der Waals surface area contributed by atoms with Gasteiger partial charge in [0.2, 0.25) is 10.0 Å². The summed E-state index contributed by atoms with van der Waals surface area (Å²) < 4.78 is 26.7. The van der Waals surface area contributed by atoms with Crippen LogP contribution in [0.2, 0.25) is 0 Å². The molecular weight excluding hydrogens is 300 g/mol. The summed E-state index contributed by atoms with van der Waals surface area (Å²) in [6.45, 7) is 0.0930. The SMILES string of the molecule is NNC(=O)c1cscc1S(=O)(=O)NCc1cccnc1. The van der Waals surface area contributed by atoms with Crippen LogP contribution in [0.1, 0.15) is 15.9 Å². The number of hydrogen-bond donors (Lipinski definition) is 3.